The molecule has 17 heavy (non-hydrogen) atoms. The number of hydrogen-bond acceptors (Lipinski definition) is 1. The van der Waals surface area contributed by atoms with Crippen LogP contribution in [0.25, 0.3) is 0 Å². The van der Waals surface area contributed by atoms with Crippen LogP contribution in [-0.2, 0) is 4.79 Å². The van der Waals surface area contributed by atoms with Crippen LogP contribution in [0.3, 0.4) is 0 Å². The second-order valence-electron chi connectivity index (χ2n) is 3.65. The number of carbonyl (C=O) groups excluding carboxylic acids is 1. The van der Waals surface area contributed by atoms with E-state index in [1.807, 2.05) is 54.6 Å². The highest BCUT2D eigenvalue weighted by Gasteiger charge is 2.14. The van der Waals surface area contributed by atoms with Crippen LogP contribution < -0.4 is 5.32 Å². The third-order valence-corrected chi connectivity index (χ3v) is 3.31. The van der Waals surface area contributed by atoms with Crippen LogP contribution in [0.5, 0.6) is 0 Å². The summed E-state index contributed by atoms with van der Waals surface area (Å²) in [6, 6.07) is 17.7. The van der Waals surface area contributed by atoms with E-state index in [1.165, 1.54) is 0 Å². The zero-order valence-corrected chi connectivity index (χ0v) is 10.7. The molecule has 0 saturated heterocycles. The highest BCUT2D eigenvalue weighted by molar-refractivity contribution is 9.10. The minimum atomic E-state index is -0.121. The lowest BCUT2D eigenvalue weighted by molar-refractivity contribution is -0.110. The zero-order chi connectivity index (χ0) is 12.1. The smallest absolute Gasteiger partial charge is 0.207 e. The maximum absolute atomic E-state index is 10.7. The summed E-state index contributed by atoms with van der Waals surface area (Å²) in [5, 5.41) is 2.85. The summed E-state index contributed by atoms with van der Waals surface area (Å²) in [6.45, 7) is 0. The molecule has 1 N–H and O–H groups in total. The van der Waals surface area contributed by atoms with Crippen LogP contribution in [-0.4, -0.2) is 6.41 Å². The van der Waals surface area contributed by atoms with Gasteiger partial charge >= 0.3 is 0 Å². The molecule has 2 nitrogen and oxygen atoms in total. The molecule has 1 atom stereocenters. The molecule has 0 spiro atoms. The topological polar surface area (TPSA) is 29.1 Å². The Morgan fingerprint density at radius 1 is 1.00 bits per heavy atom. The first-order valence-corrected chi connectivity index (χ1v) is 6.11. The molecule has 86 valence electrons. The molecule has 1 amide bonds. The van der Waals surface area contributed by atoms with Gasteiger partial charge in [-0.05, 0) is 17.2 Å². The zero-order valence-electron chi connectivity index (χ0n) is 9.14. The number of nitrogens with one attached hydrogen (secondary N) is 1. The fourth-order valence-electron chi connectivity index (χ4n) is 1.79. The number of hydrogen-bond donors (Lipinski definition) is 1. The van der Waals surface area contributed by atoms with E-state index in [1.54, 1.807) is 0 Å². The molecular formula is C14H12BrNO. The van der Waals surface area contributed by atoms with Crippen LogP contribution in [0.15, 0.2) is 59.1 Å². The Morgan fingerprint density at radius 3 is 2.29 bits per heavy atom. The van der Waals surface area contributed by atoms with Crippen molar-refractivity contribution in [1.29, 1.82) is 0 Å². The quantitative estimate of drug-likeness (QED) is 0.860. The summed E-state index contributed by atoms with van der Waals surface area (Å²) in [6.07, 6.45) is 0.733. The summed E-state index contributed by atoms with van der Waals surface area (Å²) in [7, 11) is 0. The average molecular weight is 290 g/mol. The van der Waals surface area contributed by atoms with Crippen molar-refractivity contribution in [3.8, 4) is 0 Å². The van der Waals surface area contributed by atoms with Gasteiger partial charge in [0.25, 0.3) is 0 Å². The molecule has 0 bridgehead atoms. The summed E-state index contributed by atoms with van der Waals surface area (Å²) in [5.41, 5.74) is 2.11. The number of carbonyl (C=O) groups is 1. The second-order valence-corrected chi connectivity index (χ2v) is 4.50. The van der Waals surface area contributed by atoms with E-state index in [4.69, 9.17) is 0 Å². The molecule has 3 heteroatoms. The third-order valence-electron chi connectivity index (χ3n) is 2.58. The van der Waals surface area contributed by atoms with Crippen LogP contribution in [0.1, 0.15) is 17.2 Å². The SMILES string of the molecule is O=CN[C@H](c1ccccc1)c1ccccc1Br. The van der Waals surface area contributed by atoms with E-state index in [2.05, 4.69) is 21.2 Å². The van der Waals surface area contributed by atoms with E-state index in [-0.39, 0.29) is 6.04 Å². The van der Waals surface area contributed by atoms with Crippen molar-refractivity contribution in [2.75, 3.05) is 0 Å². The molecule has 0 heterocycles. The molecular weight excluding hydrogens is 278 g/mol. The van der Waals surface area contributed by atoms with E-state index in [0.717, 1.165) is 22.0 Å². The van der Waals surface area contributed by atoms with Crippen molar-refractivity contribution in [3.63, 3.8) is 0 Å². The predicted molar refractivity (Wildman–Crippen MR) is 71.6 cm³/mol. The van der Waals surface area contributed by atoms with Crippen molar-refractivity contribution in [3.05, 3.63) is 70.2 Å². The second kappa shape index (κ2) is 5.64. The van der Waals surface area contributed by atoms with E-state index >= 15 is 0 Å². The van der Waals surface area contributed by atoms with Crippen molar-refractivity contribution in [2.24, 2.45) is 0 Å². The molecule has 2 aromatic carbocycles. The first kappa shape index (κ1) is 11.9. The van der Waals surface area contributed by atoms with Crippen molar-refractivity contribution in [2.45, 2.75) is 6.04 Å². The molecule has 0 aliphatic heterocycles. The first-order chi connectivity index (χ1) is 8.33. The minimum absolute atomic E-state index is 0.121. The molecule has 0 radical (unpaired) electrons. The monoisotopic (exact) mass is 289 g/mol. The van der Waals surface area contributed by atoms with Crippen LogP contribution >= 0.6 is 15.9 Å². The fourth-order valence-corrected chi connectivity index (χ4v) is 2.30. The number of halogens is 1. The number of rotatable bonds is 4. The van der Waals surface area contributed by atoms with Gasteiger partial charge in [-0.15, -0.1) is 0 Å². The van der Waals surface area contributed by atoms with Crippen molar-refractivity contribution < 1.29 is 4.79 Å². The summed E-state index contributed by atoms with van der Waals surface area (Å²) >= 11 is 3.51. The Balaban J connectivity index is 2.43. The fraction of sp³-hybridized carbons (Fsp3) is 0.0714. The van der Waals surface area contributed by atoms with Gasteiger partial charge in [-0.3, -0.25) is 4.79 Å². The lowest BCUT2D eigenvalue weighted by Crippen LogP contribution is -2.20. The van der Waals surface area contributed by atoms with Gasteiger partial charge in [0, 0.05) is 4.47 Å². The van der Waals surface area contributed by atoms with Crippen molar-refractivity contribution >= 4 is 22.3 Å². The van der Waals surface area contributed by atoms with Crippen LogP contribution in [0.2, 0.25) is 0 Å². The third kappa shape index (κ3) is 2.74. The molecule has 0 aromatic heterocycles. The van der Waals surface area contributed by atoms with Gasteiger partial charge in [0.05, 0.1) is 6.04 Å². The van der Waals surface area contributed by atoms with Gasteiger partial charge in [0.15, 0.2) is 0 Å². The molecule has 2 aromatic rings. The van der Waals surface area contributed by atoms with Crippen LogP contribution in [0.4, 0.5) is 0 Å². The Hall–Kier alpha value is -1.61. The Bertz CT molecular complexity index is 499. The Labute approximate surface area is 109 Å². The van der Waals surface area contributed by atoms with E-state index < -0.39 is 0 Å². The van der Waals surface area contributed by atoms with Gasteiger partial charge in [-0.25, -0.2) is 0 Å². The number of amides is 1. The lowest BCUT2D eigenvalue weighted by atomic mass is 9.99. The molecule has 2 rings (SSSR count). The summed E-state index contributed by atoms with van der Waals surface area (Å²) in [5.74, 6) is 0. The highest BCUT2D eigenvalue weighted by Crippen LogP contribution is 2.27. The molecule has 0 aliphatic carbocycles. The van der Waals surface area contributed by atoms with Gasteiger partial charge in [0.2, 0.25) is 6.41 Å². The average Bonchev–Trinajstić information content (AvgIpc) is 2.38. The van der Waals surface area contributed by atoms with E-state index in [0.29, 0.717) is 0 Å². The van der Waals surface area contributed by atoms with Gasteiger partial charge < -0.3 is 5.32 Å². The largest absolute Gasteiger partial charge is 0.348 e. The normalized spacial score (nSPS) is 11.8. The molecule has 0 saturated carbocycles. The van der Waals surface area contributed by atoms with Crippen molar-refractivity contribution in [1.82, 2.24) is 5.32 Å². The Morgan fingerprint density at radius 2 is 1.65 bits per heavy atom. The Kier molecular flexibility index (Phi) is 3.94. The van der Waals surface area contributed by atoms with Gasteiger partial charge in [-0.2, -0.15) is 0 Å². The lowest BCUT2D eigenvalue weighted by Gasteiger charge is -2.18. The first-order valence-electron chi connectivity index (χ1n) is 5.32. The van der Waals surface area contributed by atoms with Gasteiger partial charge in [-0.1, -0.05) is 64.5 Å². The minimum Gasteiger partial charge on any atom is -0.348 e. The maximum atomic E-state index is 10.7. The summed E-state index contributed by atoms with van der Waals surface area (Å²) < 4.78 is 0.989. The van der Waals surface area contributed by atoms with Gasteiger partial charge in [0.1, 0.15) is 0 Å². The maximum Gasteiger partial charge on any atom is 0.207 e. The van der Waals surface area contributed by atoms with Crippen LogP contribution in [0, 0.1) is 0 Å². The predicted octanol–water partition coefficient (Wildman–Crippen LogP) is 3.28. The number of benzene rings is 2. The standard InChI is InChI=1S/C14H12BrNO/c15-13-9-5-4-8-12(13)14(16-10-17)11-6-2-1-3-7-11/h1-10,14H,(H,16,17)/t14-/m1/s1. The highest BCUT2D eigenvalue weighted by atomic mass is 79.9. The van der Waals surface area contributed by atoms with E-state index in [9.17, 15) is 4.79 Å². The molecule has 0 unspecified atom stereocenters. The molecule has 0 fully saturated rings. The summed E-state index contributed by atoms with van der Waals surface area (Å²) in [4.78, 5) is 10.7. The molecule has 0 aliphatic rings.